The lowest BCUT2D eigenvalue weighted by Gasteiger charge is -2.17. The van der Waals surface area contributed by atoms with Crippen molar-refractivity contribution in [1.82, 2.24) is 15.0 Å². The molecule has 0 saturated carbocycles. The smallest absolute Gasteiger partial charge is 0.278 e. The minimum Gasteiger partial charge on any atom is -0.372 e. The van der Waals surface area contributed by atoms with Gasteiger partial charge in [0.1, 0.15) is 11.4 Å². The standard InChI is InChI=1S/C21H25N5O2/c27-20(18-15-22-19-6-2-1-3-13-26(19)21(18)28)24-23-14-16-7-9-17(10-8-16)25-11-4-5-12-25/h7-10,14-15H,1-6,11-13H2,(H,24,27)/b23-14+. The van der Waals surface area contributed by atoms with E-state index < -0.39 is 5.91 Å². The van der Waals surface area contributed by atoms with Crippen molar-refractivity contribution in [3.05, 3.63) is 57.8 Å². The lowest BCUT2D eigenvalue weighted by atomic mass is 10.2. The summed E-state index contributed by atoms with van der Waals surface area (Å²) in [5.74, 6) is 0.239. The maximum Gasteiger partial charge on any atom is 0.278 e. The fourth-order valence-electron chi connectivity index (χ4n) is 3.81. The summed E-state index contributed by atoms with van der Waals surface area (Å²) in [6, 6.07) is 8.08. The first-order valence-corrected chi connectivity index (χ1v) is 9.99. The zero-order chi connectivity index (χ0) is 19.3. The molecule has 1 aromatic heterocycles. The van der Waals surface area contributed by atoms with Crippen molar-refractivity contribution in [3.63, 3.8) is 0 Å². The third-order valence-electron chi connectivity index (χ3n) is 5.40. The molecule has 0 spiro atoms. The quantitative estimate of drug-likeness (QED) is 0.653. The molecule has 0 unspecified atom stereocenters. The maximum atomic E-state index is 12.6. The number of amides is 1. The van der Waals surface area contributed by atoms with Crippen LogP contribution in [0, 0.1) is 0 Å². The van der Waals surface area contributed by atoms with Crippen LogP contribution in [-0.4, -0.2) is 34.8 Å². The topological polar surface area (TPSA) is 79.6 Å². The highest BCUT2D eigenvalue weighted by atomic mass is 16.2. The van der Waals surface area contributed by atoms with Crippen molar-refractivity contribution < 1.29 is 4.79 Å². The Morgan fingerprint density at radius 2 is 1.79 bits per heavy atom. The highest BCUT2D eigenvalue weighted by Gasteiger charge is 2.17. The van der Waals surface area contributed by atoms with Gasteiger partial charge in [0.05, 0.1) is 6.21 Å². The normalized spacial score (nSPS) is 16.8. The van der Waals surface area contributed by atoms with Crippen LogP contribution in [0.1, 0.15) is 53.8 Å². The van der Waals surface area contributed by atoms with Crippen LogP contribution < -0.4 is 15.9 Å². The predicted molar refractivity (Wildman–Crippen MR) is 109 cm³/mol. The summed E-state index contributed by atoms with van der Waals surface area (Å²) in [5, 5.41) is 4.00. The molecule has 4 rings (SSSR count). The number of hydrazone groups is 1. The SMILES string of the molecule is O=C(N/N=C/c1ccc(N2CCCC2)cc1)c1cnc2n(c1=O)CCCCC2. The Hall–Kier alpha value is -2.96. The summed E-state index contributed by atoms with van der Waals surface area (Å²) >= 11 is 0. The molecule has 1 amide bonds. The molecule has 1 saturated heterocycles. The molecule has 2 aromatic rings. The number of aryl methyl sites for hydroxylation is 1. The third-order valence-corrected chi connectivity index (χ3v) is 5.40. The van der Waals surface area contributed by atoms with Crippen molar-refractivity contribution in [2.24, 2.45) is 5.10 Å². The summed E-state index contributed by atoms with van der Waals surface area (Å²) in [4.78, 5) is 31.7. The molecule has 0 atom stereocenters. The van der Waals surface area contributed by atoms with Gasteiger partial charge in [-0.3, -0.25) is 14.2 Å². The first-order valence-electron chi connectivity index (χ1n) is 9.99. The molecule has 146 valence electrons. The van der Waals surface area contributed by atoms with E-state index in [4.69, 9.17) is 0 Å². The molecule has 0 bridgehead atoms. The van der Waals surface area contributed by atoms with Crippen molar-refractivity contribution in [1.29, 1.82) is 0 Å². The molecule has 0 radical (unpaired) electrons. The van der Waals surface area contributed by atoms with Gasteiger partial charge in [0.2, 0.25) is 0 Å². The van der Waals surface area contributed by atoms with Crippen molar-refractivity contribution >= 4 is 17.8 Å². The van der Waals surface area contributed by atoms with Crippen LogP contribution in [0.15, 0.2) is 40.4 Å². The number of benzene rings is 1. The van der Waals surface area contributed by atoms with Gasteiger partial charge in [-0.05, 0) is 43.4 Å². The molecule has 28 heavy (non-hydrogen) atoms. The van der Waals surface area contributed by atoms with Crippen LogP contribution in [0.5, 0.6) is 0 Å². The summed E-state index contributed by atoms with van der Waals surface area (Å²) in [6.07, 6.45) is 9.26. The first-order chi connectivity index (χ1) is 13.7. The van der Waals surface area contributed by atoms with E-state index >= 15 is 0 Å². The molecule has 1 fully saturated rings. The second-order valence-electron chi connectivity index (χ2n) is 7.34. The molecule has 2 aliphatic rings. The molecule has 2 aliphatic heterocycles. The van der Waals surface area contributed by atoms with E-state index in [1.54, 1.807) is 10.8 Å². The molecular formula is C21H25N5O2. The number of rotatable bonds is 4. The van der Waals surface area contributed by atoms with Crippen LogP contribution in [0.3, 0.4) is 0 Å². The Bertz CT molecular complexity index is 927. The first kappa shape index (κ1) is 18.4. The number of nitrogens with zero attached hydrogens (tertiary/aromatic N) is 4. The summed E-state index contributed by atoms with van der Waals surface area (Å²) in [7, 11) is 0. The average Bonchev–Trinajstić information content (AvgIpc) is 3.14. The largest absolute Gasteiger partial charge is 0.372 e. The van der Waals surface area contributed by atoms with Gasteiger partial charge < -0.3 is 4.90 Å². The van der Waals surface area contributed by atoms with E-state index in [2.05, 4.69) is 32.5 Å². The molecule has 7 nitrogen and oxygen atoms in total. The number of hydrogen-bond donors (Lipinski definition) is 1. The second-order valence-corrected chi connectivity index (χ2v) is 7.34. The lowest BCUT2D eigenvalue weighted by Crippen LogP contribution is -2.33. The van der Waals surface area contributed by atoms with Crippen LogP contribution in [0.2, 0.25) is 0 Å². The lowest BCUT2D eigenvalue weighted by molar-refractivity contribution is 0.0952. The maximum absolute atomic E-state index is 12.6. The highest BCUT2D eigenvalue weighted by molar-refractivity contribution is 5.94. The number of carbonyl (C=O) groups excluding carboxylic acids is 1. The Kier molecular flexibility index (Phi) is 5.50. The number of anilines is 1. The van der Waals surface area contributed by atoms with Crippen molar-refractivity contribution in [3.8, 4) is 0 Å². The monoisotopic (exact) mass is 379 g/mol. The molecule has 1 N–H and O–H groups in total. The Balaban J connectivity index is 1.41. The minimum atomic E-state index is -0.526. The van der Waals surface area contributed by atoms with Gasteiger partial charge in [0, 0.05) is 37.9 Å². The fraction of sp³-hybridized carbons (Fsp3) is 0.429. The fourth-order valence-corrected chi connectivity index (χ4v) is 3.81. The van der Waals surface area contributed by atoms with E-state index in [1.165, 1.54) is 24.7 Å². The number of fused-ring (bicyclic) bond motifs is 1. The Morgan fingerprint density at radius 3 is 2.57 bits per heavy atom. The van der Waals surface area contributed by atoms with Crippen LogP contribution in [0.25, 0.3) is 0 Å². The summed E-state index contributed by atoms with van der Waals surface area (Å²) in [6.45, 7) is 2.83. The zero-order valence-electron chi connectivity index (χ0n) is 15.9. The van der Waals surface area contributed by atoms with Crippen molar-refractivity contribution in [2.45, 2.75) is 45.1 Å². The molecule has 7 heteroatoms. The van der Waals surface area contributed by atoms with Gasteiger partial charge in [-0.15, -0.1) is 0 Å². The van der Waals surface area contributed by atoms with E-state index in [-0.39, 0.29) is 11.1 Å². The molecule has 1 aromatic carbocycles. The zero-order valence-corrected chi connectivity index (χ0v) is 15.9. The summed E-state index contributed by atoms with van der Waals surface area (Å²) < 4.78 is 1.63. The number of carbonyl (C=O) groups is 1. The van der Waals surface area contributed by atoms with Crippen molar-refractivity contribution in [2.75, 3.05) is 18.0 Å². The third kappa shape index (κ3) is 3.98. The summed E-state index contributed by atoms with van der Waals surface area (Å²) in [5.41, 5.74) is 4.30. The van der Waals surface area contributed by atoms with Gasteiger partial charge in [0.25, 0.3) is 11.5 Å². The Morgan fingerprint density at radius 1 is 1.04 bits per heavy atom. The molecular weight excluding hydrogens is 354 g/mol. The van der Waals surface area contributed by atoms with Gasteiger partial charge >= 0.3 is 0 Å². The molecule has 3 heterocycles. The van der Waals surface area contributed by atoms with Crippen LogP contribution in [0.4, 0.5) is 5.69 Å². The van der Waals surface area contributed by atoms with E-state index in [1.807, 2.05) is 12.1 Å². The van der Waals surface area contributed by atoms with Gasteiger partial charge in [-0.1, -0.05) is 18.6 Å². The highest BCUT2D eigenvalue weighted by Crippen LogP contribution is 2.19. The Labute approximate surface area is 164 Å². The van der Waals surface area contributed by atoms with Gasteiger partial charge in [0.15, 0.2) is 0 Å². The number of aromatic nitrogens is 2. The van der Waals surface area contributed by atoms with E-state index in [0.717, 1.165) is 50.2 Å². The van der Waals surface area contributed by atoms with Crippen LogP contribution in [-0.2, 0) is 13.0 Å². The number of hydrogen-bond acceptors (Lipinski definition) is 5. The van der Waals surface area contributed by atoms with E-state index in [0.29, 0.717) is 6.54 Å². The average molecular weight is 379 g/mol. The van der Waals surface area contributed by atoms with E-state index in [9.17, 15) is 9.59 Å². The van der Waals surface area contributed by atoms with Gasteiger partial charge in [-0.25, -0.2) is 10.4 Å². The number of nitrogens with one attached hydrogen (secondary N) is 1. The van der Waals surface area contributed by atoms with Crippen LogP contribution >= 0.6 is 0 Å². The molecule has 0 aliphatic carbocycles. The van der Waals surface area contributed by atoms with Gasteiger partial charge in [-0.2, -0.15) is 5.10 Å². The second kappa shape index (κ2) is 8.37. The minimum absolute atomic E-state index is 0.0344. The predicted octanol–water partition coefficient (Wildman–Crippen LogP) is 2.33.